The zero-order valence-electron chi connectivity index (χ0n) is 14.7. The molecule has 1 aromatic carbocycles. The molecule has 3 rings (SSSR count). The molecule has 26 heavy (non-hydrogen) atoms. The Bertz CT molecular complexity index is 767. The summed E-state index contributed by atoms with van der Waals surface area (Å²) in [5.41, 5.74) is 1.45. The van der Waals surface area contributed by atoms with E-state index in [9.17, 15) is 9.59 Å². The van der Waals surface area contributed by atoms with Crippen LogP contribution < -0.4 is 10.6 Å². The minimum absolute atomic E-state index is 0.0651. The van der Waals surface area contributed by atoms with E-state index in [0.29, 0.717) is 18.8 Å². The average molecular weight is 419 g/mol. The Hall–Kier alpha value is -2.28. The number of likely N-dealkylation sites (tertiary alicyclic amines) is 1. The van der Waals surface area contributed by atoms with Crippen LogP contribution in [0.15, 0.2) is 47.1 Å². The zero-order chi connectivity index (χ0) is 18.5. The fraction of sp³-hybridized carbons (Fsp3) is 0.368. The summed E-state index contributed by atoms with van der Waals surface area (Å²) in [6.45, 7) is 4.00. The van der Waals surface area contributed by atoms with Gasteiger partial charge in [0, 0.05) is 42.0 Å². The Morgan fingerprint density at radius 1 is 1.19 bits per heavy atom. The molecule has 0 radical (unpaired) electrons. The molecule has 0 spiro atoms. The minimum atomic E-state index is -0.0928. The Morgan fingerprint density at radius 2 is 1.88 bits per heavy atom. The van der Waals surface area contributed by atoms with Crippen molar-refractivity contribution < 1.29 is 9.59 Å². The van der Waals surface area contributed by atoms with Crippen LogP contribution in [-0.4, -0.2) is 40.5 Å². The van der Waals surface area contributed by atoms with Crippen molar-refractivity contribution in [2.24, 2.45) is 0 Å². The van der Waals surface area contributed by atoms with Crippen LogP contribution in [-0.2, 0) is 6.54 Å². The maximum absolute atomic E-state index is 12.5. The van der Waals surface area contributed by atoms with Crippen LogP contribution in [0, 0.1) is 0 Å². The van der Waals surface area contributed by atoms with Crippen molar-refractivity contribution >= 4 is 33.6 Å². The molecule has 138 valence electrons. The highest BCUT2D eigenvalue weighted by atomic mass is 79.9. The van der Waals surface area contributed by atoms with E-state index < -0.39 is 0 Å². The molecule has 2 heterocycles. The third-order valence-electron chi connectivity index (χ3n) is 4.58. The zero-order valence-corrected chi connectivity index (χ0v) is 16.3. The van der Waals surface area contributed by atoms with E-state index in [4.69, 9.17) is 0 Å². The predicted octanol–water partition coefficient (Wildman–Crippen LogP) is 3.70. The smallest absolute Gasteiger partial charge is 0.321 e. The lowest BCUT2D eigenvalue weighted by Gasteiger charge is -2.32. The van der Waals surface area contributed by atoms with Gasteiger partial charge in [-0.1, -0.05) is 18.2 Å². The molecule has 1 aromatic heterocycles. The topological polar surface area (TPSA) is 66.4 Å². The van der Waals surface area contributed by atoms with Gasteiger partial charge in [0.25, 0.3) is 5.91 Å². The molecule has 0 atom stereocenters. The van der Waals surface area contributed by atoms with Crippen molar-refractivity contribution in [2.45, 2.75) is 32.4 Å². The second-order valence-corrected chi connectivity index (χ2v) is 7.28. The summed E-state index contributed by atoms with van der Waals surface area (Å²) in [4.78, 5) is 26.6. The van der Waals surface area contributed by atoms with Crippen molar-refractivity contribution in [3.05, 3.63) is 52.8 Å². The number of hydrogen-bond acceptors (Lipinski definition) is 2. The Morgan fingerprint density at radius 3 is 2.54 bits per heavy atom. The number of halogens is 1. The van der Waals surface area contributed by atoms with Crippen LogP contribution in [0.1, 0.15) is 30.3 Å². The monoisotopic (exact) mass is 418 g/mol. The number of piperidine rings is 1. The van der Waals surface area contributed by atoms with E-state index in [2.05, 4.69) is 26.6 Å². The summed E-state index contributed by atoms with van der Waals surface area (Å²) in [5, 5.41) is 6.00. The number of para-hydroxylation sites is 1. The number of nitrogens with zero attached hydrogens (tertiary/aromatic N) is 2. The van der Waals surface area contributed by atoms with E-state index in [1.807, 2.05) is 54.1 Å². The third-order valence-corrected chi connectivity index (χ3v) is 5.01. The number of carbonyl (C=O) groups excluding carboxylic acids is 2. The number of aryl methyl sites for hydroxylation is 1. The minimum Gasteiger partial charge on any atom is -0.348 e. The summed E-state index contributed by atoms with van der Waals surface area (Å²) in [6.07, 6.45) is 3.41. The average Bonchev–Trinajstić information content (AvgIpc) is 3.04. The highest BCUT2D eigenvalue weighted by Crippen LogP contribution is 2.17. The van der Waals surface area contributed by atoms with Gasteiger partial charge in [0.15, 0.2) is 0 Å². The molecule has 1 aliphatic heterocycles. The van der Waals surface area contributed by atoms with E-state index in [0.717, 1.165) is 29.5 Å². The van der Waals surface area contributed by atoms with Gasteiger partial charge in [-0.2, -0.15) is 0 Å². The Kier molecular flexibility index (Phi) is 5.98. The van der Waals surface area contributed by atoms with E-state index in [-0.39, 0.29) is 18.0 Å². The van der Waals surface area contributed by atoms with E-state index in [1.54, 1.807) is 4.90 Å². The molecule has 0 bridgehead atoms. The highest BCUT2D eigenvalue weighted by Gasteiger charge is 2.25. The number of anilines is 1. The maximum Gasteiger partial charge on any atom is 0.321 e. The number of nitrogens with one attached hydrogen (secondary N) is 2. The van der Waals surface area contributed by atoms with Gasteiger partial charge in [-0.3, -0.25) is 4.79 Å². The van der Waals surface area contributed by atoms with Gasteiger partial charge < -0.3 is 20.1 Å². The molecule has 1 aliphatic rings. The first kappa shape index (κ1) is 18.5. The van der Waals surface area contributed by atoms with Gasteiger partial charge in [-0.15, -0.1) is 0 Å². The summed E-state index contributed by atoms with van der Waals surface area (Å²) in [7, 11) is 0. The van der Waals surface area contributed by atoms with Crippen molar-refractivity contribution in [3.63, 3.8) is 0 Å². The Labute approximate surface area is 161 Å². The van der Waals surface area contributed by atoms with Crippen LogP contribution in [0.3, 0.4) is 0 Å². The second kappa shape index (κ2) is 8.40. The maximum atomic E-state index is 12.5. The molecule has 7 heteroatoms. The fourth-order valence-corrected chi connectivity index (χ4v) is 3.60. The molecule has 6 nitrogen and oxygen atoms in total. The van der Waals surface area contributed by atoms with Crippen LogP contribution in [0.25, 0.3) is 0 Å². The molecular weight excluding hydrogens is 396 g/mol. The SMILES string of the molecule is CCn1cc(Br)cc1C(=O)NC1CCN(C(=O)Nc2ccccc2)CC1. The number of aromatic nitrogens is 1. The van der Waals surface area contributed by atoms with Gasteiger partial charge in [-0.05, 0) is 53.9 Å². The van der Waals surface area contributed by atoms with Crippen LogP contribution in [0.4, 0.5) is 10.5 Å². The number of carbonyl (C=O) groups is 2. The molecule has 0 unspecified atom stereocenters. The van der Waals surface area contributed by atoms with Crippen molar-refractivity contribution in [1.82, 2.24) is 14.8 Å². The van der Waals surface area contributed by atoms with Gasteiger partial charge in [0.1, 0.15) is 5.69 Å². The lowest BCUT2D eigenvalue weighted by molar-refractivity contribution is 0.0910. The van der Waals surface area contributed by atoms with E-state index in [1.165, 1.54) is 0 Å². The first-order chi connectivity index (χ1) is 12.6. The number of benzene rings is 1. The van der Waals surface area contributed by atoms with Crippen LogP contribution >= 0.6 is 15.9 Å². The first-order valence-corrected chi connectivity index (χ1v) is 9.63. The largest absolute Gasteiger partial charge is 0.348 e. The number of amides is 3. The first-order valence-electron chi connectivity index (χ1n) is 8.84. The summed E-state index contributed by atoms with van der Waals surface area (Å²) >= 11 is 3.42. The molecule has 2 N–H and O–H groups in total. The quantitative estimate of drug-likeness (QED) is 0.794. The van der Waals surface area contributed by atoms with Crippen molar-refractivity contribution in [2.75, 3.05) is 18.4 Å². The van der Waals surface area contributed by atoms with Crippen molar-refractivity contribution in [3.8, 4) is 0 Å². The highest BCUT2D eigenvalue weighted by molar-refractivity contribution is 9.10. The van der Waals surface area contributed by atoms with Crippen LogP contribution in [0.2, 0.25) is 0 Å². The standard InChI is InChI=1S/C19H23BrN4O2/c1-2-23-13-14(20)12-17(23)18(25)21-16-8-10-24(11-9-16)19(26)22-15-6-4-3-5-7-15/h3-7,12-13,16H,2,8-11H2,1H3,(H,21,25)(H,22,26). The number of urea groups is 1. The van der Waals surface area contributed by atoms with Gasteiger partial charge in [0.05, 0.1) is 0 Å². The number of rotatable bonds is 4. The second-order valence-electron chi connectivity index (χ2n) is 6.36. The Balaban J connectivity index is 1.50. The van der Waals surface area contributed by atoms with Crippen LogP contribution in [0.5, 0.6) is 0 Å². The molecular formula is C19H23BrN4O2. The third kappa shape index (κ3) is 4.46. The molecule has 2 aromatic rings. The fourth-order valence-electron chi connectivity index (χ4n) is 3.14. The van der Waals surface area contributed by atoms with Gasteiger partial charge in [-0.25, -0.2) is 4.79 Å². The summed E-state index contributed by atoms with van der Waals surface area (Å²) < 4.78 is 2.82. The molecule has 1 fully saturated rings. The van der Waals surface area contributed by atoms with Crippen molar-refractivity contribution in [1.29, 1.82) is 0 Å². The van der Waals surface area contributed by atoms with Gasteiger partial charge >= 0.3 is 6.03 Å². The molecule has 3 amide bonds. The van der Waals surface area contributed by atoms with Gasteiger partial charge in [0.2, 0.25) is 0 Å². The normalized spacial score (nSPS) is 14.9. The molecule has 1 saturated heterocycles. The lowest BCUT2D eigenvalue weighted by atomic mass is 10.1. The molecule has 0 aliphatic carbocycles. The molecule has 0 saturated carbocycles. The predicted molar refractivity (Wildman–Crippen MR) is 105 cm³/mol. The number of hydrogen-bond donors (Lipinski definition) is 2. The lowest BCUT2D eigenvalue weighted by Crippen LogP contribution is -2.48. The summed E-state index contributed by atoms with van der Waals surface area (Å²) in [6, 6.07) is 11.3. The van der Waals surface area contributed by atoms with E-state index >= 15 is 0 Å². The summed E-state index contributed by atoms with van der Waals surface area (Å²) in [5.74, 6) is -0.0651.